The molecule has 0 spiro atoms. The van der Waals surface area contributed by atoms with E-state index in [4.69, 9.17) is 14.2 Å². The van der Waals surface area contributed by atoms with Crippen LogP contribution < -0.4 is 5.32 Å². The van der Waals surface area contributed by atoms with Crippen molar-refractivity contribution in [3.63, 3.8) is 0 Å². The smallest absolute Gasteiger partial charge is 0.410 e. The molecule has 1 aliphatic rings. The van der Waals surface area contributed by atoms with E-state index >= 15 is 0 Å². The Morgan fingerprint density at radius 2 is 2.00 bits per heavy atom. The van der Waals surface area contributed by atoms with Crippen LogP contribution in [0.4, 0.5) is 4.79 Å². The third kappa shape index (κ3) is 5.26. The van der Waals surface area contributed by atoms with Crippen LogP contribution in [0.15, 0.2) is 0 Å². The molecule has 20 heavy (non-hydrogen) atoms. The highest BCUT2D eigenvalue weighted by molar-refractivity contribution is 5.68. The molecule has 6 heteroatoms. The molecular weight excluding hydrogens is 260 g/mol. The van der Waals surface area contributed by atoms with Gasteiger partial charge in [-0.25, -0.2) is 4.79 Å². The van der Waals surface area contributed by atoms with E-state index in [2.05, 4.69) is 5.32 Å². The topological polar surface area (TPSA) is 60.0 Å². The maximum atomic E-state index is 12.1. The molecule has 1 amide bonds. The molecule has 0 saturated carbocycles. The number of ether oxygens (including phenoxy) is 3. The maximum absolute atomic E-state index is 12.1. The summed E-state index contributed by atoms with van der Waals surface area (Å²) in [7, 11) is 3.34. The third-order valence-electron chi connectivity index (χ3n) is 3.14. The van der Waals surface area contributed by atoms with Crippen LogP contribution in [0, 0.1) is 0 Å². The van der Waals surface area contributed by atoms with E-state index in [9.17, 15) is 4.79 Å². The van der Waals surface area contributed by atoms with Gasteiger partial charge in [-0.05, 0) is 27.7 Å². The van der Waals surface area contributed by atoms with E-state index in [1.807, 2.05) is 27.7 Å². The van der Waals surface area contributed by atoms with E-state index in [0.717, 1.165) is 0 Å². The van der Waals surface area contributed by atoms with Gasteiger partial charge in [-0.1, -0.05) is 0 Å². The number of hydrogen-bond donors (Lipinski definition) is 1. The van der Waals surface area contributed by atoms with Crippen molar-refractivity contribution >= 4 is 6.09 Å². The van der Waals surface area contributed by atoms with Crippen LogP contribution in [0.2, 0.25) is 0 Å². The summed E-state index contributed by atoms with van der Waals surface area (Å²) in [5.41, 5.74) is -0.478. The number of rotatable bonds is 5. The van der Waals surface area contributed by atoms with Gasteiger partial charge in [0.1, 0.15) is 5.60 Å². The Bertz CT molecular complexity index is 317. The van der Waals surface area contributed by atoms with E-state index in [0.29, 0.717) is 19.7 Å². The zero-order chi connectivity index (χ0) is 15.3. The second kappa shape index (κ2) is 7.24. The van der Waals surface area contributed by atoms with Gasteiger partial charge in [-0.15, -0.1) is 0 Å². The van der Waals surface area contributed by atoms with Crippen LogP contribution in [0.3, 0.4) is 0 Å². The zero-order valence-corrected chi connectivity index (χ0v) is 13.4. The van der Waals surface area contributed by atoms with Gasteiger partial charge < -0.3 is 24.4 Å². The Morgan fingerprint density at radius 3 is 2.50 bits per heavy atom. The predicted molar refractivity (Wildman–Crippen MR) is 76.9 cm³/mol. The number of amides is 1. The van der Waals surface area contributed by atoms with Gasteiger partial charge in [0, 0.05) is 26.8 Å². The van der Waals surface area contributed by atoms with Crippen LogP contribution in [0.1, 0.15) is 27.7 Å². The van der Waals surface area contributed by atoms with Gasteiger partial charge in [0.25, 0.3) is 0 Å². The van der Waals surface area contributed by atoms with Crippen LogP contribution in [0.5, 0.6) is 0 Å². The maximum Gasteiger partial charge on any atom is 0.410 e. The van der Waals surface area contributed by atoms with Gasteiger partial charge in [0.15, 0.2) is 0 Å². The summed E-state index contributed by atoms with van der Waals surface area (Å²) in [6.45, 7) is 9.40. The van der Waals surface area contributed by atoms with Crippen LogP contribution in [0.25, 0.3) is 0 Å². The fraction of sp³-hybridized carbons (Fsp3) is 0.929. The number of carbonyl (C=O) groups is 1. The van der Waals surface area contributed by atoms with Crippen molar-refractivity contribution in [2.24, 2.45) is 0 Å². The second-order valence-electron chi connectivity index (χ2n) is 6.29. The summed E-state index contributed by atoms with van der Waals surface area (Å²) in [5, 5.41) is 3.43. The Balaban J connectivity index is 2.56. The summed E-state index contributed by atoms with van der Waals surface area (Å²) >= 11 is 0. The Hall–Kier alpha value is -0.850. The zero-order valence-electron chi connectivity index (χ0n) is 13.4. The molecule has 1 aliphatic heterocycles. The van der Waals surface area contributed by atoms with Crippen molar-refractivity contribution in [1.82, 2.24) is 10.2 Å². The largest absolute Gasteiger partial charge is 0.444 e. The molecule has 0 aromatic carbocycles. The molecule has 0 aromatic rings. The summed E-state index contributed by atoms with van der Waals surface area (Å²) in [6.07, 6.45) is -0.315. The minimum absolute atomic E-state index is 0.0261. The lowest BCUT2D eigenvalue weighted by atomic mass is 10.2. The number of methoxy groups -OCH3 is 2. The van der Waals surface area contributed by atoms with Crippen molar-refractivity contribution in [2.45, 2.75) is 51.5 Å². The number of nitrogens with one attached hydrogen (secondary N) is 1. The van der Waals surface area contributed by atoms with Gasteiger partial charge in [0.2, 0.25) is 0 Å². The first-order valence-electron chi connectivity index (χ1n) is 7.02. The van der Waals surface area contributed by atoms with Gasteiger partial charge >= 0.3 is 6.09 Å². The van der Waals surface area contributed by atoms with Crippen molar-refractivity contribution in [1.29, 1.82) is 0 Å². The van der Waals surface area contributed by atoms with E-state index in [1.165, 1.54) is 0 Å². The molecule has 0 bridgehead atoms. The normalized spacial score (nSPS) is 24.8. The third-order valence-corrected chi connectivity index (χ3v) is 3.14. The number of likely N-dealkylation sites (tertiary alicyclic amines) is 1. The fourth-order valence-corrected chi connectivity index (χ4v) is 2.31. The van der Waals surface area contributed by atoms with Crippen LogP contribution in [-0.4, -0.2) is 68.7 Å². The molecule has 3 atom stereocenters. The molecule has 1 N–H and O–H groups in total. The Morgan fingerprint density at radius 1 is 1.35 bits per heavy atom. The van der Waals surface area contributed by atoms with Crippen molar-refractivity contribution in [3.05, 3.63) is 0 Å². The van der Waals surface area contributed by atoms with E-state index in [1.54, 1.807) is 19.1 Å². The molecule has 0 aliphatic carbocycles. The van der Waals surface area contributed by atoms with Crippen LogP contribution >= 0.6 is 0 Å². The highest BCUT2D eigenvalue weighted by Gasteiger charge is 2.37. The first-order valence-corrected chi connectivity index (χ1v) is 7.02. The summed E-state index contributed by atoms with van der Waals surface area (Å²) in [5.74, 6) is 0. The average Bonchev–Trinajstić information content (AvgIpc) is 2.70. The molecule has 1 rings (SSSR count). The minimum Gasteiger partial charge on any atom is -0.444 e. The summed E-state index contributed by atoms with van der Waals surface area (Å²) in [4.78, 5) is 13.8. The first-order chi connectivity index (χ1) is 9.26. The van der Waals surface area contributed by atoms with Crippen molar-refractivity contribution < 1.29 is 19.0 Å². The predicted octanol–water partition coefficient (Wildman–Crippen LogP) is 1.25. The minimum atomic E-state index is -0.478. The monoisotopic (exact) mass is 288 g/mol. The molecule has 0 aromatic heterocycles. The average molecular weight is 288 g/mol. The molecule has 2 unspecified atom stereocenters. The van der Waals surface area contributed by atoms with E-state index < -0.39 is 5.60 Å². The van der Waals surface area contributed by atoms with Gasteiger partial charge in [-0.3, -0.25) is 0 Å². The molecule has 1 saturated heterocycles. The highest BCUT2D eigenvalue weighted by Crippen LogP contribution is 2.17. The molecule has 118 valence electrons. The lowest BCUT2D eigenvalue weighted by Gasteiger charge is -2.24. The molecule has 6 nitrogen and oxygen atoms in total. The molecule has 0 radical (unpaired) electrons. The molecule has 1 heterocycles. The van der Waals surface area contributed by atoms with Crippen LogP contribution in [-0.2, 0) is 14.2 Å². The quantitative estimate of drug-likeness (QED) is 0.825. The Kier molecular flexibility index (Phi) is 6.23. The standard InChI is InChI=1S/C14H28N2O4/c1-10(9-18-5)15-11-7-16(8-12(11)19-6)13(17)20-14(2,3)4/h10-12,15H,7-9H2,1-6H3/t10?,11?,12-/m0/s1. The van der Waals surface area contributed by atoms with Gasteiger partial charge in [-0.2, -0.15) is 0 Å². The molecule has 1 fully saturated rings. The van der Waals surface area contributed by atoms with Crippen molar-refractivity contribution in [3.8, 4) is 0 Å². The summed E-state index contributed by atoms with van der Waals surface area (Å²) in [6, 6.07) is 0.305. The summed E-state index contributed by atoms with van der Waals surface area (Å²) < 4.78 is 16.0. The second-order valence-corrected chi connectivity index (χ2v) is 6.29. The number of hydrogen-bond acceptors (Lipinski definition) is 5. The lowest BCUT2D eigenvalue weighted by molar-refractivity contribution is 0.0252. The fourth-order valence-electron chi connectivity index (χ4n) is 2.31. The first kappa shape index (κ1) is 17.2. The highest BCUT2D eigenvalue weighted by atomic mass is 16.6. The lowest BCUT2D eigenvalue weighted by Crippen LogP contribution is -2.46. The molecular formula is C14H28N2O4. The van der Waals surface area contributed by atoms with Gasteiger partial charge in [0.05, 0.1) is 25.3 Å². The van der Waals surface area contributed by atoms with E-state index in [-0.39, 0.29) is 24.3 Å². The SMILES string of the molecule is COCC(C)NC1CN(C(=O)OC(C)(C)C)C[C@@H]1OC. The number of carbonyl (C=O) groups excluding carboxylic acids is 1. The number of nitrogens with zero attached hydrogens (tertiary/aromatic N) is 1. The van der Waals surface area contributed by atoms with Crippen molar-refractivity contribution in [2.75, 3.05) is 33.9 Å². The Labute approximate surface area is 121 Å².